The molecule has 0 radical (unpaired) electrons. The fourth-order valence-electron chi connectivity index (χ4n) is 2.34. The van der Waals surface area contributed by atoms with Crippen molar-refractivity contribution < 1.29 is 23.5 Å². The number of aromatic nitrogens is 2. The van der Waals surface area contributed by atoms with Gasteiger partial charge in [0, 0.05) is 24.7 Å². The quantitative estimate of drug-likeness (QED) is 0.585. The number of nitrogens with one attached hydrogen (secondary N) is 2. The zero-order chi connectivity index (χ0) is 19.9. The minimum Gasteiger partial charge on any atom is -0.474 e. The number of rotatable bonds is 10. The van der Waals surface area contributed by atoms with Gasteiger partial charge >= 0.3 is 0 Å². The molecule has 0 aliphatic heterocycles. The lowest BCUT2D eigenvalue weighted by atomic mass is 10.2. The van der Waals surface area contributed by atoms with Crippen LogP contribution in [-0.2, 0) is 9.53 Å². The Hall–Kier alpha value is -2.59. The summed E-state index contributed by atoms with van der Waals surface area (Å²) in [6, 6.07) is 3.45. The van der Waals surface area contributed by atoms with Crippen molar-refractivity contribution in [1.29, 1.82) is 0 Å². The second kappa shape index (κ2) is 9.56. The topological polar surface area (TPSA) is 102 Å². The van der Waals surface area contributed by atoms with Crippen LogP contribution in [0.1, 0.15) is 22.5 Å². The van der Waals surface area contributed by atoms with Crippen molar-refractivity contribution in [2.45, 2.75) is 12.8 Å². The molecule has 28 heavy (non-hydrogen) atoms. The number of carbonyl (C=O) groups is 2. The van der Waals surface area contributed by atoms with E-state index in [0.29, 0.717) is 21.3 Å². The minimum absolute atomic E-state index is 0.000346. The molecule has 1 aliphatic rings. The molecule has 1 aliphatic carbocycles. The van der Waals surface area contributed by atoms with E-state index in [2.05, 4.69) is 20.6 Å². The summed E-state index contributed by atoms with van der Waals surface area (Å²) in [5.74, 6) is 0.341. The molecule has 1 saturated carbocycles. The number of thiazole rings is 1. The van der Waals surface area contributed by atoms with Gasteiger partial charge in [0.2, 0.25) is 11.8 Å². The van der Waals surface area contributed by atoms with E-state index < -0.39 is 6.67 Å². The van der Waals surface area contributed by atoms with Crippen molar-refractivity contribution in [3.8, 4) is 16.5 Å². The summed E-state index contributed by atoms with van der Waals surface area (Å²) in [6.45, 7) is -0.227. The molecule has 0 bridgehead atoms. The molecule has 2 aromatic heterocycles. The fraction of sp³-hybridized carbons (Fsp3) is 0.444. The van der Waals surface area contributed by atoms with Crippen LogP contribution in [0.5, 0.6) is 5.88 Å². The van der Waals surface area contributed by atoms with Crippen LogP contribution in [0.25, 0.3) is 10.6 Å². The van der Waals surface area contributed by atoms with Gasteiger partial charge in [-0.3, -0.25) is 9.59 Å². The van der Waals surface area contributed by atoms with Crippen molar-refractivity contribution in [3.63, 3.8) is 0 Å². The van der Waals surface area contributed by atoms with E-state index in [1.165, 1.54) is 18.4 Å². The Bertz CT molecular complexity index is 841. The highest BCUT2D eigenvalue weighted by molar-refractivity contribution is 7.17. The molecule has 2 heterocycles. The molecule has 10 heteroatoms. The molecule has 2 amide bonds. The average Bonchev–Trinajstić information content (AvgIpc) is 3.47. The summed E-state index contributed by atoms with van der Waals surface area (Å²) in [5, 5.41) is 5.91. The number of alkyl halides is 1. The molecule has 0 aromatic carbocycles. The van der Waals surface area contributed by atoms with Crippen molar-refractivity contribution >= 4 is 29.0 Å². The van der Waals surface area contributed by atoms with Crippen molar-refractivity contribution in [1.82, 2.24) is 15.3 Å². The Kier molecular flexibility index (Phi) is 6.88. The highest BCUT2D eigenvalue weighted by Crippen LogP contribution is 2.34. The predicted octanol–water partition coefficient (Wildman–Crippen LogP) is 2.28. The SMILES string of the molecule is CNC(=O)c1sc(-c2ccnc(NC(=O)C3CC3)c2)nc1OCCOCCF. The molecular weight excluding hydrogens is 387 g/mol. The molecule has 1 fully saturated rings. The summed E-state index contributed by atoms with van der Waals surface area (Å²) in [6.07, 6.45) is 3.39. The number of hydrogen-bond donors (Lipinski definition) is 2. The smallest absolute Gasteiger partial charge is 0.266 e. The lowest BCUT2D eigenvalue weighted by Gasteiger charge is -2.05. The first-order valence-corrected chi connectivity index (χ1v) is 9.70. The Balaban J connectivity index is 1.75. The van der Waals surface area contributed by atoms with E-state index in [1.807, 2.05) is 0 Å². The van der Waals surface area contributed by atoms with Gasteiger partial charge in [-0.2, -0.15) is 0 Å². The third kappa shape index (κ3) is 5.23. The average molecular weight is 408 g/mol. The Morgan fingerprint density at radius 1 is 1.32 bits per heavy atom. The number of amides is 2. The van der Waals surface area contributed by atoms with E-state index >= 15 is 0 Å². The van der Waals surface area contributed by atoms with Crippen LogP contribution in [0.15, 0.2) is 18.3 Å². The minimum atomic E-state index is -0.563. The first-order valence-electron chi connectivity index (χ1n) is 8.89. The normalized spacial score (nSPS) is 13.2. The molecular formula is C18H21FN4O4S. The molecule has 8 nitrogen and oxygen atoms in total. The summed E-state index contributed by atoms with van der Waals surface area (Å²) >= 11 is 1.17. The number of hydrogen-bond acceptors (Lipinski definition) is 7. The molecule has 0 spiro atoms. The first-order chi connectivity index (χ1) is 13.6. The van der Waals surface area contributed by atoms with E-state index in [9.17, 15) is 14.0 Å². The van der Waals surface area contributed by atoms with Gasteiger partial charge in [0.25, 0.3) is 5.91 Å². The number of halogens is 1. The molecule has 150 valence electrons. The van der Waals surface area contributed by atoms with Gasteiger partial charge in [0.05, 0.1) is 13.2 Å². The number of pyridine rings is 1. The van der Waals surface area contributed by atoms with Crippen LogP contribution < -0.4 is 15.4 Å². The summed E-state index contributed by atoms with van der Waals surface area (Å²) < 4.78 is 22.6. The Labute approximate surface area is 165 Å². The number of ether oxygens (including phenoxy) is 2. The van der Waals surface area contributed by atoms with Crippen LogP contribution in [0, 0.1) is 5.92 Å². The fourth-order valence-corrected chi connectivity index (χ4v) is 3.30. The maximum Gasteiger partial charge on any atom is 0.266 e. The molecule has 0 unspecified atom stereocenters. The zero-order valence-electron chi connectivity index (χ0n) is 15.4. The van der Waals surface area contributed by atoms with E-state index in [-0.39, 0.29) is 43.4 Å². The molecule has 2 N–H and O–H groups in total. The van der Waals surface area contributed by atoms with Gasteiger partial charge in [-0.25, -0.2) is 14.4 Å². The van der Waals surface area contributed by atoms with Crippen molar-refractivity contribution in [2.75, 3.05) is 38.9 Å². The third-order valence-electron chi connectivity index (χ3n) is 3.92. The van der Waals surface area contributed by atoms with Gasteiger partial charge in [-0.05, 0) is 25.0 Å². The molecule has 3 rings (SSSR count). The number of anilines is 1. The van der Waals surface area contributed by atoms with Crippen molar-refractivity contribution in [2.24, 2.45) is 5.92 Å². The van der Waals surface area contributed by atoms with E-state index in [1.54, 1.807) is 18.3 Å². The zero-order valence-corrected chi connectivity index (χ0v) is 16.2. The molecule has 0 saturated heterocycles. The van der Waals surface area contributed by atoms with Crippen LogP contribution in [0.4, 0.5) is 10.2 Å². The standard InChI is InChI=1S/C18H21FN4O4S/c1-20-16(25)14-17(27-9-8-26-7-5-19)23-18(28-14)12-4-6-21-13(10-12)22-15(24)11-2-3-11/h4,6,10-11H,2-3,5,7-9H2,1H3,(H,20,25)(H,21,22,24). The van der Waals surface area contributed by atoms with Crippen LogP contribution in [0.2, 0.25) is 0 Å². The maximum absolute atomic E-state index is 12.1. The van der Waals surface area contributed by atoms with Gasteiger partial charge in [0.1, 0.15) is 24.1 Å². The number of carbonyl (C=O) groups excluding carboxylic acids is 2. The number of nitrogens with zero attached hydrogens (tertiary/aromatic N) is 2. The van der Waals surface area contributed by atoms with Gasteiger partial charge in [0.15, 0.2) is 4.88 Å². The second-order valence-electron chi connectivity index (χ2n) is 6.08. The lowest BCUT2D eigenvalue weighted by Crippen LogP contribution is -2.18. The van der Waals surface area contributed by atoms with Crippen LogP contribution in [0.3, 0.4) is 0 Å². The third-order valence-corrected chi connectivity index (χ3v) is 5.01. The Morgan fingerprint density at radius 3 is 2.86 bits per heavy atom. The summed E-state index contributed by atoms with van der Waals surface area (Å²) in [4.78, 5) is 33.0. The van der Waals surface area contributed by atoms with Gasteiger partial charge in [-0.15, -0.1) is 11.3 Å². The highest BCUT2D eigenvalue weighted by Gasteiger charge is 2.30. The maximum atomic E-state index is 12.1. The predicted molar refractivity (Wildman–Crippen MR) is 102 cm³/mol. The molecule has 2 aromatic rings. The van der Waals surface area contributed by atoms with Crippen LogP contribution >= 0.6 is 11.3 Å². The lowest BCUT2D eigenvalue weighted by molar-refractivity contribution is -0.117. The van der Waals surface area contributed by atoms with Crippen LogP contribution in [-0.4, -0.2) is 55.3 Å². The monoisotopic (exact) mass is 408 g/mol. The highest BCUT2D eigenvalue weighted by atomic mass is 32.1. The second-order valence-corrected chi connectivity index (χ2v) is 7.07. The van der Waals surface area contributed by atoms with Gasteiger partial charge < -0.3 is 20.1 Å². The molecule has 0 atom stereocenters. The van der Waals surface area contributed by atoms with Gasteiger partial charge in [-0.1, -0.05) is 0 Å². The first kappa shape index (κ1) is 20.2. The largest absolute Gasteiger partial charge is 0.474 e. The van der Waals surface area contributed by atoms with Crippen molar-refractivity contribution in [3.05, 3.63) is 23.2 Å². The van der Waals surface area contributed by atoms with E-state index in [0.717, 1.165) is 12.8 Å². The summed E-state index contributed by atoms with van der Waals surface area (Å²) in [5.41, 5.74) is 0.708. The Morgan fingerprint density at radius 2 is 2.14 bits per heavy atom. The van der Waals surface area contributed by atoms with E-state index in [4.69, 9.17) is 9.47 Å². The summed E-state index contributed by atoms with van der Waals surface area (Å²) in [7, 11) is 1.52.